The quantitative estimate of drug-likeness (QED) is 0.169. The highest BCUT2D eigenvalue weighted by molar-refractivity contribution is 5.87. The number of carbonyl (C=O) groups is 1. The van der Waals surface area contributed by atoms with E-state index in [4.69, 9.17) is 9.47 Å². The maximum absolute atomic E-state index is 11.5. The normalized spacial score (nSPS) is 19.3. The Morgan fingerprint density at radius 1 is 0.971 bits per heavy atom. The molecule has 0 N–H and O–H groups in total. The van der Waals surface area contributed by atoms with Gasteiger partial charge in [0.1, 0.15) is 0 Å². The summed E-state index contributed by atoms with van der Waals surface area (Å²) in [5.41, 5.74) is 7.40. The first-order valence-corrected chi connectivity index (χ1v) is 12.5. The summed E-state index contributed by atoms with van der Waals surface area (Å²) >= 11 is 0. The van der Waals surface area contributed by atoms with Crippen LogP contribution in [0.5, 0.6) is 0 Å². The van der Waals surface area contributed by atoms with Crippen LogP contribution in [0, 0.1) is 5.41 Å². The van der Waals surface area contributed by atoms with E-state index in [0.29, 0.717) is 12.0 Å². The van der Waals surface area contributed by atoms with Gasteiger partial charge in [-0.3, -0.25) is 0 Å². The molecule has 1 rings (SSSR count). The van der Waals surface area contributed by atoms with Gasteiger partial charge in [-0.1, -0.05) is 91.3 Å². The first-order valence-electron chi connectivity index (χ1n) is 12.5. The van der Waals surface area contributed by atoms with Gasteiger partial charge in [0.2, 0.25) is 0 Å². The first kappa shape index (κ1) is 30.4. The van der Waals surface area contributed by atoms with Gasteiger partial charge in [-0.2, -0.15) is 0 Å². The molecule has 0 saturated carbocycles. The van der Waals surface area contributed by atoms with Crippen molar-refractivity contribution in [3.05, 3.63) is 94.2 Å². The highest BCUT2D eigenvalue weighted by Gasteiger charge is 2.26. The third-order valence-electron chi connectivity index (χ3n) is 6.54. The highest BCUT2D eigenvalue weighted by Crippen LogP contribution is 2.40. The summed E-state index contributed by atoms with van der Waals surface area (Å²) in [7, 11) is 3.07. The molecule has 0 amide bonds. The van der Waals surface area contributed by atoms with Gasteiger partial charge >= 0.3 is 5.97 Å². The molecule has 3 nitrogen and oxygen atoms in total. The molecule has 0 aromatic carbocycles. The van der Waals surface area contributed by atoms with Crippen LogP contribution in [-0.4, -0.2) is 26.3 Å². The minimum Gasteiger partial charge on any atom is -0.466 e. The van der Waals surface area contributed by atoms with Gasteiger partial charge in [0.05, 0.1) is 13.2 Å². The summed E-state index contributed by atoms with van der Waals surface area (Å²) in [5, 5.41) is 0. The minimum absolute atomic E-state index is 0.0795. The maximum atomic E-state index is 11.5. The van der Waals surface area contributed by atoms with Crippen LogP contribution in [0.4, 0.5) is 0 Å². The fourth-order valence-electron chi connectivity index (χ4n) is 4.21. The number of methoxy groups -OCH3 is 2. The monoisotopic (exact) mass is 478 g/mol. The topological polar surface area (TPSA) is 35.5 Å². The molecular formula is C32H46O3. The van der Waals surface area contributed by atoms with Crippen molar-refractivity contribution in [3.8, 4) is 0 Å². The van der Waals surface area contributed by atoms with Gasteiger partial charge in [-0.05, 0) is 76.9 Å². The molecule has 1 aliphatic rings. The fraction of sp³-hybridized carbons (Fsp3) is 0.469. The van der Waals surface area contributed by atoms with Gasteiger partial charge in [-0.15, -0.1) is 0 Å². The van der Waals surface area contributed by atoms with Crippen LogP contribution >= 0.6 is 0 Å². The molecule has 0 aliphatic heterocycles. The number of allylic oxidation sites excluding steroid dienone is 13. The lowest BCUT2D eigenvalue weighted by Crippen LogP contribution is -2.19. The molecule has 0 aromatic heterocycles. The molecule has 0 radical (unpaired) electrons. The standard InChI is InChI=1S/C32H46O3/c1-24(14-10-11-17-27(4)30(34-8)22-20-28(5)31(33)35-9)15-12-16-25(2)19-21-29-26(3)18-13-23-32(29,6)7/h10-12,14-17,19-21,30H,13,18,22-23H2,1-9H3/b11-10+,15-12+,21-19+,24-14+,25-16+,27-17+,28-20+. The Bertz CT molecular complexity index is 959. The van der Waals surface area contributed by atoms with Crippen molar-refractivity contribution in [2.45, 2.75) is 80.3 Å². The number of rotatable bonds is 11. The highest BCUT2D eigenvalue weighted by atomic mass is 16.5. The fourth-order valence-corrected chi connectivity index (χ4v) is 4.21. The predicted molar refractivity (Wildman–Crippen MR) is 150 cm³/mol. The second kappa shape index (κ2) is 15.4. The Morgan fingerprint density at radius 3 is 2.23 bits per heavy atom. The van der Waals surface area contributed by atoms with Gasteiger partial charge in [-0.25, -0.2) is 4.79 Å². The predicted octanol–water partition coefficient (Wildman–Crippen LogP) is 8.54. The van der Waals surface area contributed by atoms with Crippen LogP contribution in [0.1, 0.15) is 74.1 Å². The van der Waals surface area contributed by atoms with Crippen molar-refractivity contribution in [1.29, 1.82) is 0 Å². The van der Waals surface area contributed by atoms with E-state index in [1.807, 2.05) is 31.2 Å². The minimum atomic E-state index is -0.309. The Labute approximate surface area is 214 Å². The number of esters is 1. The summed E-state index contributed by atoms with van der Waals surface area (Å²) in [5.74, 6) is -0.309. The number of hydrogen-bond donors (Lipinski definition) is 0. The molecule has 0 bridgehead atoms. The van der Waals surface area contributed by atoms with E-state index in [9.17, 15) is 4.79 Å². The van der Waals surface area contributed by atoms with Crippen molar-refractivity contribution < 1.29 is 14.3 Å². The van der Waals surface area contributed by atoms with Crippen LogP contribution in [0.25, 0.3) is 0 Å². The lowest BCUT2D eigenvalue weighted by Gasteiger charge is -2.32. The molecule has 0 aromatic rings. The molecule has 3 heteroatoms. The van der Waals surface area contributed by atoms with Gasteiger partial charge in [0.25, 0.3) is 0 Å². The van der Waals surface area contributed by atoms with Crippen LogP contribution in [0.15, 0.2) is 94.2 Å². The van der Waals surface area contributed by atoms with Crippen molar-refractivity contribution in [3.63, 3.8) is 0 Å². The van der Waals surface area contributed by atoms with E-state index >= 15 is 0 Å². The Kier molecular flexibility index (Phi) is 13.3. The van der Waals surface area contributed by atoms with Gasteiger partial charge in [0, 0.05) is 12.7 Å². The second-order valence-electron chi connectivity index (χ2n) is 10.1. The van der Waals surface area contributed by atoms with E-state index < -0.39 is 0 Å². The lowest BCUT2D eigenvalue weighted by molar-refractivity contribution is -0.136. The first-order chi connectivity index (χ1) is 16.5. The summed E-state index contributed by atoms with van der Waals surface area (Å²) in [6, 6.07) is 0. The third-order valence-corrected chi connectivity index (χ3v) is 6.54. The van der Waals surface area contributed by atoms with Gasteiger partial charge in [0.15, 0.2) is 0 Å². The zero-order valence-corrected chi connectivity index (χ0v) is 23.4. The van der Waals surface area contributed by atoms with Gasteiger partial charge < -0.3 is 9.47 Å². The van der Waals surface area contributed by atoms with Crippen LogP contribution < -0.4 is 0 Å². The Balaban J connectivity index is 2.70. The van der Waals surface area contributed by atoms with Crippen molar-refractivity contribution in [2.75, 3.05) is 14.2 Å². The van der Waals surface area contributed by atoms with Crippen LogP contribution in [0.3, 0.4) is 0 Å². The second-order valence-corrected chi connectivity index (χ2v) is 10.1. The zero-order chi connectivity index (χ0) is 26.4. The molecule has 1 unspecified atom stereocenters. The lowest BCUT2D eigenvalue weighted by atomic mass is 9.72. The Hall–Kier alpha value is -2.65. The largest absolute Gasteiger partial charge is 0.466 e. The van der Waals surface area contributed by atoms with E-state index in [-0.39, 0.29) is 17.5 Å². The smallest absolute Gasteiger partial charge is 0.333 e. The van der Waals surface area contributed by atoms with Crippen LogP contribution in [-0.2, 0) is 14.3 Å². The van der Waals surface area contributed by atoms with Crippen molar-refractivity contribution in [2.24, 2.45) is 5.41 Å². The molecule has 192 valence electrons. The van der Waals surface area contributed by atoms with E-state index in [1.54, 1.807) is 14.0 Å². The molecule has 0 heterocycles. The Morgan fingerprint density at radius 2 is 1.60 bits per heavy atom. The van der Waals surface area contributed by atoms with Crippen molar-refractivity contribution >= 4 is 5.97 Å². The van der Waals surface area contributed by atoms with E-state index in [1.165, 1.54) is 48.7 Å². The average Bonchev–Trinajstić information content (AvgIpc) is 2.80. The SMILES string of the molecule is COC(=O)/C(C)=C/CC(OC)/C(C)=C/C=C/C=C(C)/C=C/C=C(C)/C=C/C1=C(C)CCCC1(C)C. The van der Waals surface area contributed by atoms with E-state index in [0.717, 1.165) is 5.57 Å². The molecule has 0 fully saturated rings. The summed E-state index contributed by atoms with van der Waals surface area (Å²) in [4.78, 5) is 11.5. The van der Waals surface area contributed by atoms with Crippen LogP contribution in [0.2, 0.25) is 0 Å². The molecule has 0 saturated heterocycles. The summed E-state index contributed by atoms with van der Waals surface area (Å²) in [6.07, 6.45) is 25.3. The molecule has 0 spiro atoms. The summed E-state index contributed by atoms with van der Waals surface area (Å²) < 4.78 is 10.3. The average molecular weight is 479 g/mol. The molecule has 35 heavy (non-hydrogen) atoms. The maximum Gasteiger partial charge on any atom is 0.333 e. The summed E-state index contributed by atoms with van der Waals surface area (Å²) in [6.45, 7) is 15.0. The number of hydrogen-bond acceptors (Lipinski definition) is 3. The molecule has 1 aliphatic carbocycles. The zero-order valence-electron chi connectivity index (χ0n) is 23.4. The number of ether oxygens (including phenoxy) is 2. The van der Waals surface area contributed by atoms with E-state index in [2.05, 4.69) is 71.1 Å². The molecular weight excluding hydrogens is 432 g/mol. The molecule has 1 atom stereocenters. The third kappa shape index (κ3) is 11.1. The van der Waals surface area contributed by atoms with Crippen molar-refractivity contribution in [1.82, 2.24) is 0 Å². The number of carbonyl (C=O) groups excluding carboxylic acids is 1.